The van der Waals surface area contributed by atoms with Gasteiger partial charge in [-0.3, -0.25) is 0 Å². The van der Waals surface area contributed by atoms with Crippen LogP contribution in [0.5, 0.6) is 5.75 Å². The molecule has 0 fully saturated rings. The van der Waals surface area contributed by atoms with E-state index in [-0.39, 0.29) is 0 Å². The van der Waals surface area contributed by atoms with Gasteiger partial charge in [-0.2, -0.15) is 0 Å². The second-order valence-electron chi connectivity index (χ2n) is 1.52. The molecule has 0 aromatic heterocycles. The predicted molar refractivity (Wildman–Crippen MR) is 64.3 cm³/mol. The molecule has 0 spiro atoms. The lowest BCUT2D eigenvalue weighted by Crippen LogP contribution is -1.78. The van der Waals surface area contributed by atoms with Crippen LogP contribution in [0.3, 0.4) is 0 Å². The summed E-state index contributed by atoms with van der Waals surface area (Å²) in [4.78, 5) is 1.97. The van der Waals surface area contributed by atoms with Crippen LogP contribution in [0.1, 0.15) is 13.8 Å². The largest absolute Gasteiger partial charge is 0.497 e. The minimum absolute atomic E-state index is 0.910. The van der Waals surface area contributed by atoms with Gasteiger partial charge in [0.1, 0.15) is 5.75 Å². The van der Waals surface area contributed by atoms with Crippen LogP contribution in [-0.2, 0) is 0 Å². The summed E-state index contributed by atoms with van der Waals surface area (Å²) in [5.41, 5.74) is 0. The van der Waals surface area contributed by atoms with Crippen molar-refractivity contribution >= 4 is 22.6 Å². The SMILES string of the molecule is CC.CI.COc1ccccc1. The topological polar surface area (TPSA) is 9.23 Å². The fourth-order valence-corrected chi connectivity index (χ4v) is 0.557. The molecule has 12 heavy (non-hydrogen) atoms. The van der Waals surface area contributed by atoms with Gasteiger partial charge in [-0.05, 0) is 17.1 Å². The van der Waals surface area contributed by atoms with E-state index in [2.05, 4.69) is 22.6 Å². The molecular weight excluding hydrogens is 263 g/mol. The van der Waals surface area contributed by atoms with Gasteiger partial charge < -0.3 is 4.74 Å². The summed E-state index contributed by atoms with van der Waals surface area (Å²) in [7, 11) is 1.66. The van der Waals surface area contributed by atoms with Crippen LogP contribution in [0.4, 0.5) is 0 Å². The smallest absolute Gasteiger partial charge is 0.118 e. The third-order valence-electron chi connectivity index (χ3n) is 0.979. The molecule has 0 radical (unpaired) electrons. The minimum Gasteiger partial charge on any atom is -0.497 e. The summed E-state index contributed by atoms with van der Waals surface area (Å²) >= 11 is 2.15. The van der Waals surface area contributed by atoms with Gasteiger partial charge in [-0.1, -0.05) is 54.6 Å². The third kappa shape index (κ3) is 7.85. The van der Waals surface area contributed by atoms with Crippen molar-refractivity contribution in [2.45, 2.75) is 13.8 Å². The maximum absolute atomic E-state index is 4.91. The Bertz CT molecular complexity index is 151. The lowest BCUT2D eigenvalue weighted by Gasteiger charge is -1.93. The average molecular weight is 280 g/mol. The van der Waals surface area contributed by atoms with Gasteiger partial charge in [-0.15, -0.1) is 0 Å². The zero-order valence-electron chi connectivity index (χ0n) is 8.17. The number of para-hydroxylation sites is 1. The Labute approximate surface area is 89.3 Å². The van der Waals surface area contributed by atoms with Crippen LogP contribution < -0.4 is 4.74 Å². The van der Waals surface area contributed by atoms with Crippen molar-refractivity contribution in [3.8, 4) is 5.75 Å². The molecule has 0 saturated heterocycles. The molecule has 0 saturated carbocycles. The van der Waals surface area contributed by atoms with Gasteiger partial charge >= 0.3 is 0 Å². The first-order chi connectivity index (χ1) is 5.93. The summed E-state index contributed by atoms with van der Waals surface area (Å²) in [5.74, 6) is 0.910. The van der Waals surface area contributed by atoms with Crippen LogP contribution in [0.15, 0.2) is 30.3 Å². The quantitative estimate of drug-likeness (QED) is 0.562. The van der Waals surface area contributed by atoms with Crippen LogP contribution in [0.2, 0.25) is 0 Å². The second kappa shape index (κ2) is 13.3. The van der Waals surface area contributed by atoms with Crippen molar-refractivity contribution < 1.29 is 4.74 Å². The number of hydrogen-bond donors (Lipinski definition) is 0. The van der Waals surface area contributed by atoms with Crippen molar-refractivity contribution in [2.24, 2.45) is 0 Å². The highest BCUT2D eigenvalue weighted by molar-refractivity contribution is 14.1. The minimum atomic E-state index is 0.910. The molecule has 0 aliphatic carbocycles. The molecule has 0 unspecified atom stereocenters. The first-order valence-electron chi connectivity index (χ1n) is 3.90. The molecule has 1 nitrogen and oxygen atoms in total. The summed E-state index contributed by atoms with van der Waals surface area (Å²) in [6, 6.07) is 9.68. The number of halogens is 1. The molecule has 0 aliphatic rings. The van der Waals surface area contributed by atoms with Crippen LogP contribution in [-0.4, -0.2) is 12.0 Å². The van der Waals surface area contributed by atoms with E-state index in [0.29, 0.717) is 0 Å². The first-order valence-corrected chi connectivity index (χ1v) is 6.06. The van der Waals surface area contributed by atoms with Gasteiger partial charge in [0.15, 0.2) is 0 Å². The van der Waals surface area contributed by atoms with Gasteiger partial charge in [0.05, 0.1) is 7.11 Å². The fraction of sp³-hybridized carbons (Fsp3) is 0.400. The Kier molecular flexibility index (Phi) is 15.9. The van der Waals surface area contributed by atoms with Crippen LogP contribution >= 0.6 is 22.6 Å². The second-order valence-corrected chi connectivity index (χ2v) is 1.52. The highest BCUT2D eigenvalue weighted by Crippen LogP contribution is 2.05. The standard InChI is InChI=1S/C7H8O.C2H6.CH3I/c1-8-7-5-3-2-4-6-7;2*1-2/h2-6H,1H3;1-2H3;1H3. The fourth-order valence-electron chi connectivity index (χ4n) is 0.557. The van der Waals surface area contributed by atoms with Gasteiger partial charge in [0.2, 0.25) is 0 Å². The monoisotopic (exact) mass is 280 g/mol. The number of alkyl halides is 1. The number of hydrogen-bond acceptors (Lipinski definition) is 1. The summed E-state index contributed by atoms with van der Waals surface area (Å²) < 4.78 is 4.91. The maximum Gasteiger partial charge on any atom is 0.118 e. The third-order valence-corrected chi connectivity index (χ3v) is 0.979. The Hall–Kier alpha value is -0.250. The van der Waals surface area contributed by atoms with E-state index in [0.717, 1.165) is 5.75 Å². The molecule has 0 N–H and O–H groups in total. The van der Waals surface area contributed by atoms with Crippen LogP contribution in [0.25, 0.3) is 0 Å². The summed E-state index contributed by atoms with van der Waals surface area (Å²) in [5, 5.41) is 0. The molecule has 1 aromatic rings. The maximum atomic E-state index is 4.91. The molecule has 1 aromatic carbocycles. The Balaban J connectivity index is 0. The van der Waals surface area contributed by atoms with Crippen LogP contribution in [0, 0.1) is 0 Å². The van der Waals surface area contributed by atoms with E-state index in [4.69, 9.17) is 4.74 Å². The molecule has 0 heterocycles. The lowest BCUT2D eigenvalue weighted by atomic mass is 10.3. The Morgan fingerprint density at radius 1 is 1.00 bits per heavy atom. The molecule has 70 valence electrons. The average Bonchev–Trinajstić information content (AvgIpc) is 2.25. The molecule has 0 bridgehead atoms. The molecule has 2 heteroatoms. The predicted octanol–water partition coefficient (Wildman–Crippen LogP) is 3.77. The van der Waals surface area contributed by atoms with Gasteiger partial charge in [0.25, 0.3) is 0 Å². The van der Waals surface area contributed by atoms with E-state index < -0.39 is 0 Å². The van der Waals surface area contributed by atoms with E-state index >= 15 is 0 Å². The molecule has 0 amide bonds. The number of rotatable bonds is 1. The number of ether oxygens (including phenoxy) is 1. The Morgan fingerprint density at radius 3 is 1.67 bits per heavy atom. The zero-order chi connectivity index (χ0) is 9.82. The van der Waals surface area contributed by atoms with Crippen molar-refractivity contribution in [1.29, 1.82) is 0 Å². The number of methoxy groups -OCH3 is 1. The molecule has 0 atom stereocenters. The van der Waals surface area contributed by atoms with Crippen molar-refractivity contribution in [1.82, 2.24) is 0 Å². The van der Waals surface area contributed by atoms with E-state index in [1.165, 1.54) is 0 Å². The normalized spacial score (nSPS) is 6.75. The van der Waals surface area contributed by atoms with Crippen molar-refractivity contribution in [3.05, 3.63) is 30.3 Å². The molecule has 1 rings (SSSR count). The van der Waals surface area contributed by atoms with E-state index in [1.54, 1.807) is 7.11 Å². The molecular formula is C10H17IO. The van der Waals surface area contributed by atoms with E-state index in [1.807, 2.05) is 49.1 Å². The Morgan fingerprint density at radius 2 is 1.42 bits per heavy atom. The highest BCUT2D eigenvalue weighted by Gasteiger charge is 1.80. The molecule has 0 aliphatic heterocycles. The van der Waals surface area contributed by atoms with Crippen molar-refractivity contribution in [2.75, 3.05) is 12.0 Å². The van der Waals surface area contributed by atoms with E-state index in [9.17, 15) is 0 Å². The number of benzene rings is 1. The zero-order valence-corrected chi connectivity index (χ0v) is 10.3. The summed E-state index contributed by atoms with van der Waals surface area (Å²) in [6.45, 7) is 4.00. The summed E-state index contributed by atoms with van der Waals surface area (Å²) in [6.07, 6.45) is 0. The van der Waals surface area contributed by atoms with Crippen molar-refractivity contribution in [3.63, 3.8) is 0 Å². The lowest BCUT2D eigenvalue weighted by molar-refractivity contribution is 0.415. The highest BCUT2D eigenvalue weighted by atomic mass is 127. The van der Waals surface area contributed by atoms with Gasteiger partial charge in [-0.25, -0.2) is 0 Å². The van der Waals surface area contributed by atoms with Gasteiger partial charge in [0, 0.05) is 0 Å². The first kappa shape index (κ1) is 14.3.